The number of allylic oxidation sites excluding steroid dienone is 1. The van der Waals surface area contributed by atoms with Crippen LogP contribution in [0.4, 0.5) is 0 Å². The Morgan fingerprint density at radius 3 is 1.93 bits per heavy atom. The van der Waals surface area contributed by atoms with Crippen LogP contribution in [0.15, 0.2) is 48.5 Å². The zero-order chi connectivity index (χ0) is 22.5. The molecule has 2 nitrogen and oxygen atoms in total. The lowest BCUT2D eigenvalue weighted by molar-refractivity contribution is -0.128. The zero-order valence-corrected chi connectivity index (χ0v) is 20.1. The van der Waals surface area contributed by atoms with E-state index in [2.05, 4.69) is 67.5 Å². The van der Waals surface area contributed by atoms with Crippen LogP contribution < -0.4 is 4.74 Å². The average Bonchev–Trinajstić information content (AvgIpc) is 2.65. The molecule has 2 heteroatoms. The molecule has 162 valence electrons. The fraction of sp³-hybridized carbons (Fsp3) is 0.464. The van der Waals surface area contributed by atoms with Crippen molar-refractivity contribution in [2.45, 2.75) is 85.5 Å². The summed E-state index contributed by atoms with van der Waals surface area (Å²) in [5.74, 6) is 0.431. The van der Waals surface area contributed by atoms with Gasteiger partial charge in [0, 0.05) is 11.1 Å². The number of ether oxygens (including phenoxy) is 1. The lowest BCUT2D eigenvalue weighted by atomic mass is 9.78. The van der Waals surface area contributed by atoms with E-state index in [4.69, 9.17) is 4.74 Å². The molecule has 0 aliphatic rings. The highest BCUT2D eigenvalue weighted by atomic mass is 16.5. The van der Waals surface area contributed by atoms with E-state index in [-0.39, 0.29) is 16.8 Å². The Balaban J connectivity index is 2.58. The lowest BCUT2D eigenvalue weighted by Crippen LogP contribution is -2.22. The van der Waals surface area contributed by atoms with Crippen molar-refractivity contribution in [3.05, 3.63) is 70.8 Å². The van der Waals surface area contributed by atoms with Gasteiger partial charge in [0.25, 0.3) is 0 Å². The van der Waals surface area contributed by atoms with Gasteiger partial charge in [-0.1, -0.05) is 115 Å². The molecule has 2 aromatic rings. The van der Waals surface area contributed by atoms with Gasteiger partial charge in [-0.15, -0.1) is 0 Å². The molecule has 2 aromatic carbocycles. The Morgan fingerprint density at radius 1 is 0.933 bits per heavy atom. The molecule has 0 radical (unpaired) electrons. The smallest absolute Gasteiger partial charge is 0.343 e. The first-order valence-corrected chi connectivity index (χ1v) is 11.1. The first-order valence-electron chi connectivity index (χ1n) is 11.1. The molecule has 0 saturated carbocycles. The maximum atomic E-state index is 13.5. The molecule has 0 bridgehead atoms. The van der Waals surface area contributed by atoms with E-state index in [9.17, 15) is 4.79 Å². The molecule has 0 heterocycles. The van der Waals surface area contributed by atoms with Crippen LogP contribution in [0.5, 0.6) is 5.75 Å². The Morgan fingerprint density at radius 2 is 1.47 bits per heavy atom. The van der Waals surface area contributed by atoms with E-state index < -0.39 is 0 Å². The number of carbonyl (C=O) groups excluding carboxylic acids is 1. The van der Waals surface area contributed by atoms with E-state index in [0.717, 1.165) is 36.0 Å². The summed E-state index contributed by atoms with van der Waals surface area (Å²) in [5, 5.41) is 0. The highest BCUT2D eigenvalue weighted by Gasteiger charge is 2.29. The lowest BCUT2D eigenvalue weighted by Gasteiger charge is -2.30. The number of esters is 1. The van der Waals surface area contributed by atoms with Crippen molar-refractivity contribution in [2.75, 3.05) is 0 Å². The highest BCUT2D eigenvalue weighted by Crippen LogP contribution is 2.41. The summed E-state index contributed by atoms with van der Waals surface area (Å²) in [6.45, 7) is 17.3. The first kappa shape index (κ1) is 23.9. The second-order valence-electron chi connectivity index (χ2n) is 10.2. The maximum Gasteiger partial charge on any atom is 0.343 e. The first-order chi connectivity index (χ1) is 13.9. The van der Waals surface area contributed by atoms with E-state index in [1.807, 2.05) is 36.4 Å². The van der Waals surface area contributed by atoms with Crippen molar-refractivity contribution >= 4 is 11.5 Å². The molecular formula is C28H38O2. The molecule has 0 unspecified atom stereocenters. The molecule has 0 aromatic heterocycles. The minimum absolute atomic E-state index is 0.138. The van der Waals surface area contributed by atoms with Crippen LogP contribution in [-0.4, -0.2) is 5.97 Å². The fourth-order valence-corrected chi connectivity index (χ4v) is 3.53. The van der Waals surface area contributed by atoms with E-state index in [1.54, 1.807) is 0 Å². The number of hydrogen-bond donors (Lipinski definition) is 0. The van der Waals surface area contributed by atoms with Gasteiger partial charge < -0.3 is 4.74 Å². The van der Waals surface area contributed by atoms with Gasteiger partial charge in [-0.05, 0) is 29.7 Å². The van der Waals surface area contributed by atoms with Gasteiger partial charge >= 0.3 is 5.97 Å². The van der Waals surface area contributed by atoms with Gasteiger partial charge in [0.15, 0.2) is 0 Å². The van der Waals surface area contributed by atoms with E-state index >= 15 is 0 Å². The van der Waals surface area contributed by atoms with Crippen LogP contribution >= 0.6 is 0 Å². The number of aryl methyl sites for hydroxylation is 1. The standard InChI is InChI=1S/C28H38O2/c1-9-10-12-17-22(21-15-13-11-14-16-21)26(29)30-25-23(27(3,4)5)18-20(2)19-24(25)28(6,7)8/h11,13-19H,9-10,12H2,1-8H3/b22-17+. The SMILES string of the molecule is CCCC/C=C(/C(=O)Oc1c(C(C)(C)C)cc(C)cc1C(C)(C)C)c1ccccc1. The Labute approximate surface area is 183 Å². The number of hydrogen-bond acceptors (Lipinski definition) is 2. The van der Waals surface area contributed by atoms with Crippen LogP contribution in [0.25, 0.3) is 5.57 Å². The molecule has 0 atom stereocenters. The van der Waals surface area contributed by atoms with Gasteiger partial charge in [-0.25, -0.2) is 4.79 Å². The molecular weight excluding hydrogens is 368 g/mol. The van der Waals surface area contributed by atoms with Crippen molar-refractivity contribution in [2.24, 2.45) is 0 Å². The minimum atomic E-state index is -0.280. The normalized spacial score (nSPS) is 12.7. The van der Waals surface area contributed by atoms with Crippen molar-refractivity contribution in [3.8, 4) is 5.75 Å². The summed E-state index contributed by atoms with van der Waals surface area (Å²) in [6, 6.07) is 14.1. The number of carbonyl (C=O) groups is 1. The summed E-state index contributed by atoms with van der Waals surface area (Å²) >= 11 is 0. The second-order valence-corrected chi connectivity index (χ2v) is 10.2. The van der Waals surface area contributed by atoms with Crippen molar-refractivity contribution < 1.29 is 9.53 Å². The van der Waals surface area contributed by atoms with Crippen LogP contribution in [0.2, 0.25) is 0 Å². The number of benzene rings is 2. The quantitative estimate of drug-likeness (QED) is 0.212. The molecule has 0 amide bonds. The van der Waals surface area contributed by atoms with Gasteiger partial charge in [0.1, 0.15) is 5.75 Å². The van der Waals surface area contributed by atoms with Gasteiger partial charge in [0.2, 0.25) is 0 Å². The predicted molar refractivity (Wildman–Crippen MR) is 128 cm³/mol. The molecule has 0 aliphatic heterocycles. The van der Waals surface area contributed by atoms with Crippen LogP contribution in [0, 0.1) is 6.92 Å². The monoisotopic (exact) mass is 406 g/mol. The zero-order valence-electron chi connectivity index (χ0n) is 20.1. The van der Waals surface area contributed by atoms with Crippen molar-refractivity contribution in [1.82, 2.24) is 0 Å². The van der Waals surface area contributed by atoms with Gasteiger partial charge in [-0.3, -0.25) is 0 Å². The Bertz CT molecular complexity index is 855. The molecule has 0 saturated heterocycles. The summed E-state index contributed by atoms with van der Waals surface area (Å²) < 4.78 is 6.22. The van der Waals surface area contributed by atoms with Crippen LogP contribution in [0.3, 0.4) is 0 Å². The summed E-state index contributed by atoms with van der Waals surface area (Å²) in [7, 11) is 0. The van der Waals surface area contributed by atoms with E-state index in [0.29, 0.717) is 11.3 Å². The van der Waals surface area contributed by atoms with Gasteiger partial charge in [-0.2, -0.15) is 0 Å². The maximum absolute atomic E-state index is 13.5. The van der Waals surface area contributed by atoms with Crippen molar-refractivity contribution in [3.63, 3.8) is 0 Å². The summed E-state index contributed by atoms with van der Waals surface area (Å²) in [5.41, 5.74) is 4.60. The predicted octanol–water partition coefficient (Wildman–Crippen LogP) is 7.77. The number of unbranched alkanes of at least 4 members (excludes halogenated alkanes) is 2. The van der Waals surface area contributed by atoms with Crippen LogP contribution in [-0.2, 0) is 15.6 Å². The topological polar surface area (TPSA) is 26.3 Å². The third-order valence-electron chi connectivity index (χ3n) is 5.25. The third kappa shape index (κ3) is 6.08. The largest absolute Gasteiger partial charge is 0.422 e. The minimum Gasteiger partial charge on any atom is -0.422 e. The molecule has 30 heavy (non-hydrogen) atoms. The molecule has 0 aliphatic carbocycles. The Kier molecular flexibility index (Phi) is 7.69. The van der Waals surface area contributed by atoms with Gasteiger partial charge in [0.05, 0.1) is 5.57 Å². The van der Waals surface area contributed by atoms with Crippen molar-refractivity contribution in [1.29, 1.82) is 0 Å². The molecule has 0 fully saturated rings. The second kappa shape index (κ2) is 9.64. The average molecular weight is 407 g/mol. The third-order valence-corrected chi connectivity index (χ3v) is 5.25. The molecule has 0 spiro atoms. The van der Waals surface area contributed by atoms with E-state index in [1.165, 1.54) is 5.56 Å². The summed E-state index contributed by atoms with van der Waals surface area (Å²) in [4.78, 5) is 13.5. The Hall–Kier alpha value is -2.35. The summed E-state index contributed by atoms with van der Waals surface area (Å²) in [6.07, 6.45) is 5.04. The molecule has 0 N–H and O–H groups in total. The number of rotatable bonds is 6. The highest BCUT2D eigenvalue weighted by molar-refractivity contribution is 6.17. The molecule has 2 rings (SSSR count). The van der Waals surface area contributed by atoms with Crippen LogP contribution in [0.1, 0.15) is 90.0 Å². The fourth-order valence-electron chi connectivity index (χ4n) is 3.53.